The Balaban J connectivity index is 2.77. The molecule has 7 heteroatoms. The standard InChI is InChI=1S/C14H20N2O4S/c1-8-5-11(6-12(10(8)3)13(17)18)16-14(19)15-7-9(2)21(4)20/h5-6,9H,7H2,1-4H3,(H,17,18)(H2,15,16,19). The molecule has 0 radical (unpaired) electrons. The van der Waals surface area contributed by atoms with Gasteiger partial charge in [0.1, 0.15) is 0 Å². The number of urea groups is 1. The van der Waals surface area contributed by atoms with E-state index in [9.17, 15) is 13.8 Å². The fraction of sp³-hybridized carbons (Fsp3) is 0.429. The van der Waals surface area contributed by atoms with Crippen molar-refractivity contribution >= 4 is 28.5 Å². The first-order valence-corrected chi connectivity index (χ1v) is 8.06. The van der Waals surface area contributed by atoms with Crippen LogP contribution < -0.4 is 10.6 Å². The molecule has 1 aromatic carbocycles. The first kappa shape index (κ1) is 17.2. The van der Waals surface area contributed by atoms with Crippen LogP contribution in [0.15, 0.2) is 12.1 Å². The molecule has 2 atom stereocenters. The summed E-state index contributed by atoms with van der Waals surface area (Å²) in [5.74, 6) is -1.03. The van der Waals surface area contributed by atoms with Crippen molar-refractivity contribution in [2.24, 2.45) is 0 Å². The van der Waals surface area contributed by atoms with Gasteiger partial charge in [-0.05, 0) is 44.0 Å². The molecule has 6 nitrogen and oxygen atoms in total. The molecule has 0 spiro atoms. The largest absolute Gasteiger partial charge is 0.478 e. The Labute approximate surface area is 126 Å². The highest BCUT2D eigenvalue weighted by Gasteiger charge is 2.13. The van der Waals surface area contributed by atoms with Crippen LogP contribution in [0.4, 0.5) is 10.5 Å². The molecule has 0 aromatic heterocycles. The molecule has 116 valence electrons. The van der Waals surface area contributed by atoms with Gasteiger partial charge in [0.15, 0.2) is 0 Å². The average Bonchev–Trinajstić information content (AvgIpc) is 2.39. The van der Waals surface area contributed by atoms with Crippen molar-refractivity contribution in [3.63, 3.8) is 0 Å². The molecule has 0 aliphatic rings. The van der Waals surface area contributed by atoms with Gasteiger partial charge in [0.25, 0.3) is 0 Å². The molecule has 2 amide bonds. The Bertz CT molecular complexity index is 587. The maximum atomic E-state index is 11.7. The average molecular weight is 312 g/mol. The van der Waals surface area contributed by atoms with Crippen molar-refractivity contribution in [2.45, 2.75) is 26.0 Å². The van der Waals surface area contributed by atoms with Crippen LogP contribution in [0.1, 0.15) is 28.4 Å². The zero-order valence-corrected chi connectivity index (χ0v) is 13.3. The van der Waals surface area contributed by atoms with Gasteiger partial charge in [0.2, 0.25) is 0 Å². The summed E-state index contributed by atoms with van der Waals surface area (Å²) in [7, 11) is -1.01. The monoisotopic (exact) mass is 312 g/mol. The van der Waals surface area contributed by atoms with Crippen molar-refractivity contribution in [1.82, 2.24) is 5.32 Å². The van der Waals surface area contributed by atoms with E-state index in [1.54, 1.807) is 33.1 Å². The second kappa shape index (κ2) is 7.21. The number of anilines is 1. The molecule has 0 aliphatic carbocycles. The van der Waals surface area contributed by atoms with Crippen LogP contribution >= 0.6 is 0 Å². The number of rotatable bonds is 5. The number of nitrogens with one attached hydrogen (secondary N) is 2. The molecular formula is C14H20N2O4S. The molecule has 1 aromatic rings. The summed E-state index contributed by atoms with van der Waals surface area (Å²) >= 11 is 0. The second-order valence-electron chi connectivity index (χ2n) is 4.92. The molecule has 1 rings (SSSR count). The van der Waals surface area contributed by atoms with E-state index in [0.717, 1.165) is 5.56 Å². The van der Waals surface area contributed by atoms with E-state index in [2.05, 4.69) is 10.6 Å². The number of hydrogen-bond donors (Lipinski definition) is 3. The van der Waals surface area contributed by atoms with Crippen LogP contribution in [0.5, 0.6) is 0 Å². The molecule has 0 fully saturated rings. The lowest BCUT2D eigenvalue weighted by Crippen LogP contribution is -2.35. The minimum atomic E-state index is -1.03. The van der Waals surface area contributed by atoms with E-state index in [1.807, 2.05) is 0 Å². The zero-order chi connectivity index (χ0) is 16.2. The number of carboxylic acid groups (broad SMARTS) is 1. The topological polar surface area (TPSA) is 95.5 Å². The smallest absolute Gasteiger partial charge is 0.336 e. The predicted octanol–water partition coefficient (Wildman–Crippen LogP) is 1.89. The lowest BCUT2D eigenvalue weighted by molar-refractivity contribution is 0.0696. The number of carbonyl (C=O) groups excluding carboxylic acids is 1. The number of aryl methyl sites for hydroxylation is 1. The van der Waals surface area contributed by atoms with Crippen molar-refractivity contribution in [3.05, 3.63) is 28.8 Å². The van der Waals surface area contributed by atoms with E-state index < -0.39 is 22.8 Å². The van der Waals surface area contributed by atoms with Gasteiger partial charge in [-0.15, -0.1) is 0 Å². The van der Waals surface area contributed by atoms with Crippen LogP contribution in [0.3, 0.4) is 0 Å². The second-order valence-corrected chi connectivity index (χ2v) is 6.72. The summed E-state index contributed by atoms with van der Waals surface area (Å²) in [5, 5.41) is 14.2. The molecule has 0 heterocycles. The fourth-order valence-corrected chi connectivity index (χ4v) is 2.00. The first-order chi connectivity index (χ1) is 9.72. The Morgan fingerprint density at radius 3 is 2.48 bits per heavy atom. The summed E-state index contributed by atoms with van der Waals surface area (Å²) in [6.07, 6.45) is 1.58. The Morgan fingerprint density at radius 1 is 1.33 bits per heavy atom. The molecule has 0 saturated carbocycles. The van der Waals surface area contributed by atoms with E-state index in [1.165, 1.54) is 6.07 Å². The molecule has 0 bridgehead atoms. The molecule has 0 saturated heterocycles. The van der Waals surface area contributed by atoms with Crippen LogP contribution in [0.2, 0.25) is 0 Å². The van der Waals surface area contributed by atoms with Crippen LogP contribution in [0.25, 0.3) is 0 Å². The Kier molecular flexibility index (Phi) is 5.90. The quantitative estimate of drug-likeness (QED) is 0.773. The minimum absolute atomic E-state index is 0.148. The van der Waals surface area contributed by atoms with E-state index in [4.69, 9.17) is 5.11 Å². The lowest BCUT2D eigenvalue weighted by atomic mass is 10.0. The van der Waals surface area contributed by atoms with Gasteiger partial charge in [-0.2, -0.15) is 0 Å². The molecule has 0 aliphatic heterocycles. The lowest BCUT2D eigenvalue weighted by Gasteiger charge is -2.13. The molecule has 3 N–H and O–H groups in total. The van der Waals surface area contributed by atoms with Gasteiger partial charge in [0.05, 0.1) is 5.56 Å². The number of benzene rings is 1. The third kappa shape index (κ3) is 4.86. The number of hydrogen-bond acceptors (Lipinski definition) is 3. The van der Waals surface area contributed by atoms with Gasteiger partial charge in [-0.3, -0.25) is 4.21 Å². The first-order valence-electron chi connectivity index (χ1n) is 6.44. The van der Waals surface area contributed by atoms with Crippen molar-refractivity contribution in [1.29, 1.82) is 0 Å². The SMILES string of the molecule is Cc1cc(NC(=O)NCC(C)S(C)=O)cc(C(=O)O)c1C. The normalized spacial score (nSPS) is 13.3. The third-order valence-corrected chi connectivity index (χ3v) is 4.57. The van der Waals surface area contributed by atoms with Gasteiger partial charge >= 0.3 is 12.0 Å². The maximum absolute atomic E-state index is 11.7. The number of amides is 2. The van der Waals surface area contributed by atoms with Gasteiger partial charge in [0, 0.05) is 34.5 Å². The highest BCUT2D eigenvalue weighted by molar-refractivity contribution is 7.84. The maximum Gasteiger partial charge on any atom is 0.336 e. The minimum Gasteiger partial charge on any atom is -0.478 e. The van der Waals surface area contributed by atoms with E-state index in [0.29, 0.717) is 11.3 Å². The van der Waals surface area contributed by atoms with Crippen LogP contribution in [-0.4, -0.2) is 39.4 Å². The predicted molar refractivity (Wildman–Crippen MR) is 83.4 cm³/mol. The summed E-state index contributed by atoms with van der Waals surface area (Å²) in [4.78, 5) is 22.9. The molecule has 21 heavy (non-hydrogen) atoms. The summed E-state index contributed by atoms with van der Waals surface area (Å²) in [6, 6.07) is 2.68. The number of carbonyl (C=O) groups is 2. The van der Waals surface area contributed by atoms with Crippen molar-refractivity contribution in [3.8, 4) is 0 Å². The van der Waals surface area contributed by atoms with Crippen LogP contribution in [-0.2, 0) is 10.8 Å². The van der Waals surface area contributed by atoms with Gasteiger partial charge < -0.3 is 15.7 Å². The third-order valence-electron chi connectivity index (χ3n) is 3.27. The fourth-order valence-electron chi connectivity index (χ4n) is 1.68. The van der Waals surface area contributed by atoms with Gasteiger partial charge in [-0.25, -0.2) is 9.59 Å². The van der Waals surface area contributed by atoms with E-state index >= 15 is 0 Å². The highest BCUT2D eigenvalue weighted by atomic mass is 32.2. The Morgan fingerprint density at radius 2 is 1.95 bits per heavy atom. The number of aromatic carboxylic acids is 1. The van der Waals surface area contributed by atoms with Crippen molar-refractivity contribution < 1.29 is 18.9 Å². The zero-order valence-electron chi connectivity index (χ0n) is 12.5. The summed E-state index contributed by atoms with van der Waals surface area (Å²) < 4.78 is 11.2. The Hall–Kier alpha value is -1.89. The highest BCUT2D eigenvalue weighted by Crippen LogP contribution is 2.20. The van der Waals surface area contributed by atoms with Gasteiger partial charge in [-0.1, -0.05) is 0 Å². The van der Waals surface area contributed by atoms with E-state index in [-0.39, 0.29) is 17.4 Å². The van der Waals surface area contributed by atoms with Crippen molar-refractivity contribution in [2.75, 3.05) is 18.1 Å². The molecule has 2 unspecified atom stereocenters. The number of carboxylic acids is 1. The summed E-state index contributed by atoms with van der Waals surface area (Å²) in [5.41, 5.74) is 2.03. The molecular weight excluding hydrogens is 292 g/mol. The summed E-state index contributed by atoms with van der Waals surface area (Å²) in [6.45, 7) is 5.56. The van der Waals surface area contributed by atoms with Crippen LogP contribution in [0, 0.1) is 13.8 Å².